The molecule has 0 saturated carbocycles. The van der Waals surface area contributed by atoms with Crippen LogP contribution in [0.15, 0.2) is 41.1 Å². The van der Waals surface area contributed by atoms with Crippen LogP contribution in [0.1, 0.15) is 29.2 Å². The second-order valence-corrected chi connectivity index (χ2v) is 7.47. The summed E-state index contributed by atoms with van der Waals surface area (Å²) in [5.41, 5.74) is 2.53. The van der Waals surface area contributed by atoms with Crippen molar-refractivity contribution in [3.63, 3.8) is 0 Å². The third kappa shape index (κ3) is 2.60. The third-order valence-corrected chi connectivity index (χ3v) is 5.29. The lowest BCUT2D eigenvalue weighted by atomic mass is 9.85. The fraction of sp³-hybridized carbons (Fsp3) is 0.167. The van der Waals surface area contributed by atoms with Crippen molar-refractivity contribution in [1.82, 2.24) is 29.6 Å². The van der Waals surface area contributed by atoms with Crippen molar-refractivity contribution in [2.24, 2.45) is 0 Å². The molecule has 4 aromatic rings. The minimum atomic E-state index is -0.436. The van der Waals surface area contributed by atoms with E-state index >= 15 is 0 Å². The molecule has 5 rings (SSSR count). The van der Waals surface area contributed by atoms with Crippen molar-refractivity contribution in [2.75, 3.05) is 5.32 Å². The molecule has 1 aromatic carbocycles. The SMILES string of the molecule is Cc1nn(-c2ccc3nncn3n2)c2c1[C@@H](c1cc(Br)ccc1F)CC(=O)N2. The highest BCUT2D eigenvalue weighted by Gasteiger charge is 2.34. The summed E-state index contributed by atoms with van der Waals surface area (Å²) in [6.07, 6.45) is 1.63. The highest BCUT2D eigenvalue weighted by atomic mass is 79.9. The van der Waals surface area contributed by atoms with Crippen LogP contribution in [0.3, 0.4) is 0 Å². The summed E-state index contributed by atoms with van der Waals surface area (Å²) in [6, 6.07) is 8.24. The van der Waals surface area contributed by atoms with Crippen LogP contribution >= 0.6 is 15.9 Å². The van der Waals surface area contributed by atoms with Gasteiger partial charge in [0.25, 0.3) is 0 Å². The summed E-state index contributed by atoms with van der Waals surface area (Å²) < 4.78 is 18.4. The van der Waals surface area contributed by atoms with Gasteiger partial charge in [0.05, 0.1) is 5.69 Å². The zero-order valence-electron chi connectivity index (χ0n) is 14.6. The first-order valence-corrected chi connectivity index (χ1v) is 9.32. The van der Waals surface area contributed by atoms with Crippen LogP contribution in [0.4, 0.5) is 10.2 Å². The average molecular weight is 442 g/mol. The Morgan fingerprint density at radius 2 is 2.11 bits per heavy atom. The molecule has 1 aliphatic rings. The quantitative estimate of drug-likeness (QED) is 0.516. The number of nitrogens with zero attached hydrogens (tertiary/aromatic N) is 6. The molecule has 10 heteroatoms. The number of rotatable bonds is 2. The number of fused-ring (bicyclic) bond motifs is 2. The Morgan fingerprint density at radius 3 is 2.96 bits per heavy atom. The minimum Gasteiger partial charge on any atom is -0.310 e. The molecule has 8 nitrogen and oxygen atoms in total. The summed E-state index contributed by atoms with van der Waals surface area (Å²) in [5.74, 6) is -0.00700. The zero-order chi connectivity index (χ0) is 19.4. The van der Waals surface area contributed by atoms with Gasteiger partial charge in [-0.15, -0.1) is 15.3 Å². The maximum absolute atomic E-state index is 14.6. The number of anilines is 1. The van der Waals surface area contributed by atoms with Crippen molar-refractivity contribution in [2.45, 2.75) is 19.3 Å². The molecule has 0 bridgehead atoms. The summed E-state index contributed by atoms with van der Waals surface area (Å²) in [4.78, 5) is 12.4. The number of aromatic nitrogens is 6. The lowest BCUT2D eigenvalue weighted by Crippen LogP contribution is -2.25. The number of carbonyl (C=O) groups is 1. The van der Waals surface area contributed by atoms with Gasteiger partial charge in [-0.25, -0.2) is 4.39 Å². The molecule has 0 radical (unpaired) electrons. The van der Waals surface area contributed by atoms with Gasteiger partial charge in [0.1, 0.15) is 18.0 Å². The summed E-state index contributed by atoms with van der Waals surface area (Å²) >= 11 is 3.38. The Balaban J connectivity index is 1.70. The van der Waals surface area contributed by atoms with E-state index in [-0.39, 0.29) is 18.1 Å². The number of benzene rings is 1. The van der Waals surface area contributed by atoms with Crippen LogP contribution in [0, 0.1) is 12.7 Å². The normalized spacial score (nSPS) is 16.2. The summed E-state index contributed by atoms with van der Waals surface area (Å²) in [5, 5.41) is 19.6. The third-order valence-electron chi connectivity index (χ3n) is 4.80. The van der Waals surface area contributed by atoms with Gasteiger partial charge in [-0.2, -0.15) is 14.3 Å². The van der Waals surface area contributed by atoms with Gasteiger partial charge in [0.2, 0.25) is 5.91 Å². The fourth-order valence-corrected chi connectivity index (χ4v) is 3.97. The average Bonchev–Trinajstić information content (AvgIpc) is 3.27. The number of hydrogen-bond donors (Lipinski definition) is 1. The highest BCUT2D eigenvalue weighted by molar-refractivity contribution is 9.10. The Morgan fingerprint density at radius 1 is 1.25 bits per heavy atom. The second kappa shape index (κ2) is 6.20. The molecule has 0 spiro atoms. The zero-order valence-corrected chi connectivity index (χ0v) is 16.2. The van der Waals surface area contributed by atoms with Crippen molar-refractivity contribution in [3.8, 4) is 5.82 Å². The predicted molar refractivity (Wildman–Crippen MR) is 102 cm³/mol. The van der Waals surface area contributed by atoms with Crippen LogP contribution < -0.4 is 5.32 Å². The number of nitrogens with one attached hydrogen (secondary N) is 1. The van der Waals surface area contributed by atoms with Gasteiger partial charge in [-0.05, 0) is 42.8 Å². The topological polar surface area (TPSA) is 90.0 Å². The number of hydrogen-bond acceptors (Lipinski definition) is 5. The Hall–Kier alpha value is -3.14. The molecule has 4 heterocycles. The molecule has 3 aromatic heterocycles. The van der Waals surface area contributed by atoms with E-state index in [0.717, 1.165) is 10.0 Å². The van der Waals surface area contributed by atoms with E-state index < -0.39 is 5.92 Å². The smallest absolute Gasteiger partial charge is 0.226 e. The van der Waals surface area contributed by atoms with Crippen LogP contribution in [-0.2, 0) is 4.79 Å². The maximum Gasteiger partial charge on any atom is 0.226 e. The first kappa shape index (κ1) is 17.0. The van der Waals surface area contributed by atoms with Gasteiger partial charge in [-0.1, -0.05) is 15.9 Å². The standard InChI is InChI=1S/C18H13BrFN7O/c1-9-17-12(11-6-10(19)2-3-13(11)20)7-16(28)22-18(17)27(24-9)15-5-4-14-23-21-8-26(14)25-15/h2-6,8,12H,7H2,1H3,(H,22,28)/t12-/m1/s1. The summed E-state index contributed by atoms with van der Waals surface area (Å²) in [7, 11) is 0. The molecular weight excluding hydrogens is 429 g/mol. The molecule has 1 atom stereocenters. The molecule has 0 aliphatic carbocycles. The molecule has 1 N–H and O–H groups in total. The van der Waals surface area contributed by atoms with E-state index in [0.29, 0.717) is 28.5 Å². The van der Waals surface area contributed by atoms with E-state index in [4.69, 9.17) is 0 Å². The monoisotopic (exact) mass is 441 g/mol. The predicted octanol–water partition coefficient (Wildman–Crippen LogP) is 2.99. The number of aryl methyl sites for hydroxylation is 1. The molecule has 0 fully saturated rings. The molecule has 1 aliphatic heterocycles. The Bertz CT molecular complexity index is 1250. The van der Waals surface area contributed by atoms with Crippen LogP contribution in [0.5, 0.6) is 0 Å². The van der Waals surface area contributed by atoms with Crippen molar-refractivity contribution < 1.29 is 9.18 Å². The molecule has 1 amide bonds. The van der Waals surface area contributed by atoms with Crippen LogP contribution in [0.2, 0.25) is 0 Å². The van der Waals surface area contributed by atoms with E-state index in [2.05, 4.69) is 41.6 Å². The van der Waals surface area contributed by atoms with Gasteiger partial charge in [-0.3, -0.25) is 4.79 Å². The van der Waals surface area contributed by atoms with Crippen LogP contribution in [-0.4, -0.2) is 35.5 Å². The number of amides is 1. The number of carbonyl (C=O) groups excluding carboxylic acids is 1. The van der Waals surface area contributed by atoms with Gasteiger partial charge in [0.15, 0.2) is 11.5 Å². The molecule has 140 valence electrons. The lowest BCUT2D eigenvalue weighted by molar-refractivity contribution is -0.116. The highest BCUT2D eigenvalue weighted by Crippen LogP contribution is 2.41. The fourth-order valence-electron chi connectivity index (χ4n) is 3.59. The first-order chi connectivity index (χ1) is 13.5. The Kier molecular flexibility index (Phi) is 3.76. The van der Waals surface area contributed by atoms with Crippen molar-refractivity contribution >= 4 is 33.3 Å². The second-order valence-electron chi connectivity index (χ2n) is 6.56. The molecule has 28 heavy (non-hydrogen) atoms. The van der Waals surface area contributed by atoms with E-state index in [9.17, 15) is 9.18 Å². The summed E-state index contributed by atoms with van der Waals surface area (Å²) in [6.45, 7) is 1.84. The van der Waals surface area contributed by atoms with E-state index in [1.165, 1.54) is 16.9 Å². The first-order valence-electron chi connectivity index (χ1n) is 8.53. The molecular formula is C18H13BrFN7O. The lowest BCUT2D eigenvalue weighted by Gasteiger charge is -2.24. The molecule has 0 unspecified atom stereocenters. The van der Waals surface area contributed by atoms with Gasteiger partial charge >= 0.3 is 0 Å². The largest absolute Gasteiger partial charge is 0.310 e. The maximum atomic E-state index is 14.6. The van der Waals surface area contributed by atoms with E-state index in [1.807, 2.05) is 6.92 Å². The van der Waals surface area contributed by atoms with Gasteiger partial charge < -0.3 is 5.32 Å². The van der Waals surface area contributed by atoms with Gasteiger partial charge in [0, 0.05) is 22.4 Å². The van der Waals surface area contributed by atoms with E-state index in [1.54, 1.807) is 28.9 Å². The number of halogens is 2. The van der Waals surface area contributed by atoms with Crippen molar-refractivity contribution in [1.29, 1.82) is 0 Å². The molecule has 0 saturated heterocycles. The Labute approximate surface area is 166 Å². The van der Waals surface area contributed by atoms with Crippen molar-refractivity contribution in [3.05, 3.63) is 63.8 Å². The minimum absolute atomic E-state index is 0.144. The van der Waals surface area contributed by atoms with Crippen LogP contribution in [0.25, 0.3) is 11.5 Å².